The maximum atomic E-state index is 12.5. The van der Waals surface area contributed by atoms with Crippen molar-refractivity contribution in [2.75, 3.05) is 18.0 Å². The van der Waals surface area contributed by atoms with Crippen molar-refractivity contribution in [3.8, 4) is 0 Å². The number of carbonyl (C=O) groups excluding carboxylic acids is 1. The van der Waals surface area contributed by atoms with Crippen LogP contribution in [0.4, 0.5) is 5.82 Å². The van der Waals surface area contributed by atoms with E-state index in [1.165, 1.54) is 44.9 Å². The van der Waals surface area contributed by atoms with Gasteiger partial charge in [-0.1, -0.05) is 6.42 Å². The normalized spacial score (nSPS) is 30.4. The predicted octanol–water partition coefficient (Wildman–Crippen LogP) is 3.63. The van der Waals surface area contributed by atoms with Gasteiger partial charge in [-0.05, 0) is 75.3 Å². The van der Waals surface area contributed by atoms with Crippen molar-refractivity contribution in [2.45, 2.75) is 57.9 Å². The van der Waals surface area contributed by atoms with Gasteiger partial charge in [-0.15, -0.1) is 0 Å². The van der Waals surface area contributed by atoms with Gasteiger partial charge in [0.1, 0.15) is 5.82 Å². The fourth-order valence-corrected chi connectivity index (χ4v) is 5.13. The number of nitrogens with zero attached hydrogens (tertiary/aromatic N) is 2. The summed E-state index contributed by atoms with van der Waals surface area (Å²) in [5.74, 6) is 3.47. The van der Waals surface area contributed by atoms with Gasteiger partial charge in [0, 0.05) is 25.3 Å². The first-order chi connectivity index (χ1) is 11.7. The fraction of sp³-hybridized carbons (Fsp3) is 0.700. The molecular weight excluding hydrogens is 298 g/mol. The lowest BCUT2D eigenvalue weighted by Crippen LogP contribution is -2.40. The first-order valence-electron chi connectivity index (χ1n) is 9.72. The number of pyridine rings is 1. The van der Waals surface area contributed by atoms with Crippen molar-refractivity contribution in [3.05, 3.63) is 23.9 Å². The number of anilines is 1. The predicted molar refractivity (Wildman–Crippen MR) is 96.2 cm³/mol. The molecule has 2 saturated carbocycles. The molecule has 2 bridgehead atoms. The molecule has 0 spiro atoms. The van der Waals surface area contributed by atoms with Crippen molar-refractivity contribution in [3.63, 3.8) is 0 Å². The largest absolute Gasteiger partial charge is 0.357 e. The summed E-state index contributed by atoms with van der Waals surface area (Å²) < 4.78 is 0. The molecule has 4 heteroatoms. The van der Waals surface area contributed by atoms with Gasteiger partial charge in [-0.2, -0.15) is 0 Å². The molecule has 4 rings (SSSR count). The number of carbonyl (C=O) groups is 1. The van der Waals surface area contributed by atoms with Crippen molar-refractivity contribution >= 4 is 11.7 Å². The fourth-order valence-electron chi connectivity index (χ4n) is 5.13. The third-order valence-corrected chi connectivity index (χ3v) is 6.48. The van der Waals surface area contributed by atoms with Crippen LogP contribution in [0.25, 0.3) is 0 Å². The number of hydrogen-bond acceptors (Lipinski definition) is 3. The quantitative estimate of drug-likeness (QED) is 0.918. The van der Waals surface area contributed by atoms with Crippen LogP contribution in [0.3, 0.4) is 0 Å². The molecule has 4 unspecified atom stereocenters. The molecule has 1 amide bonds. The zero-order valence-electron chi connectivity index (χ0n) is 14.7. The molecule has 4 nitrogen and oxygen atoms in total. The Balaban J connectivity index is 1.35. The first kappa shape index (κ1) is 15.9. The molecule has 2 heterocycles. The molecule has 1 saturated heterocycles. The minimum absolute atomic E-state index is 0.0305. The number of nitrogens with one attached hydrogen (secondary N) is 1. The molecule has 3 aliphatic rings. The summed E-state index contributed by atoms with van der Waals surface area (Å²) in [5.41, 5.74) is 0.686. The standard InChI is InChI=1S/C20H29N3O/c1-14(18-12-15-5-6-16(18)11-15)22-20(24)17-7-8-19(21-13-17)23-9-3-2-4-10-23/h7-8,13-16,18H,2-6,9-12H2,1H3,(H,22,24). The molecule has 1 aromatic heterocycles. The van der Waals surface area contributed by atoms with Crippen LogP contribution >= 0.6 is 0 Å². The first-order valence-corrected chi connectivity index (χ1v) is 9.72. The lowest BCUT2D eigenvalue weighted by atomic mass is 9.84. The third kappa shape index (κ3) is 3.15. The van der Waals surface area contributed by atoms with Crippen molar-refractivity contribution in [1.82, 2.24) is 10.3 Å². The number of piperidine rings is 1. The Bertz CT molecular complexity index is 579. The molecule has 4 atom stereocenters. The van der Waals surface area contributed by atoms with E-state index in [0.717, 1.165) is 30.7 Å². The molecule has 3 fully saturated rings. The van der Waals surface area contributed by atoms with Gasteiger partial charge < -0.3 is 10.2 Å². The van der Waals surface area contributed by atoms with E-state index in [9.17, 15) is 4.79 Å². The van der Waals surface area contributed by atoms with Gasteiger partial charge in [-0.25, -0.2) is 4.98 Å². The average Bonchev–Trinajstić information content (AvgIpc) is 3.26. The number of amides is 1. The molecule has 1 aromatic rings. The lowest BCUT2D eigenvalue weighted by molar-refractivity contribution is 0.0915. The second-order valence-corrected chi connectivity index (χ2v) is 8.05. The van der Waals surface area contributed by atoms with Gasteiger partial charge in [0.2, 0.25) is 0 Å². The molecular formula is C20H29N3O. The van der Waals surface area contributed by atoms with Crippen molar-refractivity contribution in [1.29, 1.82) is 0 Å². The van der Waals surface area contributed by atoms with Gasteiger partial charge in [0.05, 0.1) is 5.56 Å². The Morgan fingerprint density at radius 2 is 2.04 bits per heavy atom. The summed E-state index contributed by atoms with van der Waals surface area (Å²) in [5, 5.41) is 3.23. The van der Waals surface area contributed by atoms with E-state index in [0.29, 0.717) is 11.5 Å². The third-order valence-electron chi connectivity index (χ3n) is 6.48. The van der Waals surface area contributed by atoms with Crippen LogP contribution in [0.15, 0.2) is 18.3 Å². The number of aromatic nitrogens is 1. The summed E-state index contributed by atoms with van der Waals surface area (Å²) in [6.45, 7) is 4.35. The highest BCUT2D eigenvalue weighted by atomic mass is 16.1. The topological polar surface area (TPSA) is 45.2 Å². The zero-order valence-corrected chi connectivity index (χ0v) is 14.7. The highest BCUT2D eigenvalue weighted by Crippen LogP contribution is 2.49. The molecule has 24 heavy (non-hydrogen) atoms. The van der Waals surface area contributed by atoms with Crippen LogP contribution in [0.1, 0.15) is 62.2 Å². The SMILES string of the molecule is CC(NC(=O)c1ccc(N2CCCCC2)nc1)C1CC2CCC1C2. The van der Waals surface area contributed by atoms with Crippen LogP contribution in [0, 0.1) is 17.8 Å². The van der Waals surface area contributed by atoms with Gasteiger partial charge in [0.15, 0.2) is 0 Å². The Labute approximate surface area is 145 Å². The number of fused-ring (bicyclic) bond motifs is 2. The Hall–Kier alpha value is -1.58. The van der Waals surface area contributed by atoms with E-state index in [1.54, 1.807) is 6.20 Å². The van der Waals surface area contributed by atoms with Crippen LogP contribution in [0.2, 0.25) is 0 Å². The van der Waals surface area contributed by atoms with Crippen molar-refractivity contribution < 1.29 is 4.79 Å². The smallest absolute Gasteiger partial charge is 0.253 e. The van der Waals surface area contributed by atoms with Crippen molar-refractivity contribution in [2.24, 2.45) is 17.8 Å². The van der Waals surface area contributed by atoms with Gasteiger partial charge in [0.25, 0.3) is 5.91 Å². The summed E-state index contributed by atoms with van der Waals surface area (Å²) >= 11 is 0. The summed E-state index contributed by atoms with van der Waals surface area (Å²) in [6.07, 6.45) is 11.0. The van der Waals surface area contributed by atoms with E-state index >= 15 is 0 Å². The summed E-state index contributed by atoms with van der Waals surface area (Å²) in [4.78, 5) is 19.4. The zero-order chi connectivity index (χ0) is 16.5. The molecule has 0 aromatic carbocycles. The monoisotopic (exact) mass is 327 g/mol. The van der Waals surface area contributed by atoms with Crippen LogP contribution in [-0.4, -0.2) is 30.0 Å². The van der Waals surface area contributed by atoms with Gasteiger partial charge >= 0.3 is 0 Å². The van der Waals surface area contributed by atoms with E-state index in [-0.39, 0.29) is 11.9 Å². The Morgan fingerprint density at radius 1 is 1.21 bits per heavy atom. The second kappa shape index (κ2) is 6.73. The van der Waals surface area contributed by atoms with E-state index < -0.39 is 0 Å². The van der Waals surface area contributed by atoms with Crippen LogP contribution in [-0.2, 0) is 0 Å². The molecule has 1 aliphatic heterocycles. The molecule has 130 valence electrons. The molecule has 1 N–H and O–H groups in total. The minimum Gasteiger partial charge on any atom is -0.357 e. The highest BCUT2D eigenvalue weighted by Gasteiger charge is 2.42. The Kier molecular flexibility index (Phi) is 4.47. The maximum Gasteiger partial charge on any atom is 0.253 e. The Morgan fingerprint density at radius 3 is 2.67 bits per heavy atom. The molecule has 0 radical (unpaired) electrons. The maximum absolute atomic E-state index is 12.5. The average molecular weight is 327 g/mol. The van der Waals surface area contributed by atoms with Gasteiger partial charge in [-0.3, -0.25) is 4.79 Å². The summed E-state index contributed by atoms with van der Waals surface area (Å²) in [7, 11) is 0. The number of rotatable bonds is 4. The van der Waals surface area contributed by atoms with E-state index in [2.05, 4.69) is 22.1 Å². The van der Waals surface area contributed by atoms with E-state index in [4.69, 9.17) is 0 Å². The van der Waals surface area contributed by atoms with Crippen LogP contribution < -0.4 is 10.2 Å². The lowest BCUT2D eigenvalue weighted by Gasteiger charge is -2.29. The summed E-state index contributed by atoms with van der Waals surface area (Å²) in [6, 6.07) is 4.21. The minimum atomic E-state index is 0.0305. The second-order valence-electron chi connectivity index (χ2n) is 8.05. The number of hydrogen-bond donors (Lipinski definition) is 1. The highest BCUT2D eigenvalue weighted by molar-refractivity contribution is 5.94. The van der Waals surface area contributed by atoms with E-state index in [1.807, 2.05) is 12.1 Å². The van der Waals surface area contributed by atoms with Crippen LogP contribution in [0.5, 0.6) is 0 Å². The molecule has 2 aliphatic carbocycles.